The van der Waals surface area contributed by atoms with Crippen molar-refractivity contribution in [3.8, 4) is 0 Å². The number of nitrogen functional groups attached to an aromatic ring is 1. The maximum atomic E-state index is 11.2. The first kappa shape index (κ1) is 13.0. The maximum absolute atomic E-state index is 11.2. The quantitative estimate of drug-likeness (QED) is 0.806. The van der Waals surface area contributed by atoms with Crippen LogP contribution in [0.5, 0.6) is 0 Å². The highest BCUT2D eigenvalue weighted by Gasteiger charge is 2.10. The second kappa shape index (κ2) is 5.34. The Labute approximate surface area is 98.9 Å². The standard InChI is InChI=1S/C10H20N4OS/c1-7(16(4)15)5-6-12-10-9(11)8(2)13-14(10)3/h7,12H,5-6,11H2,1-4H3. The largest absolute Gasteiger partial charge is 0.394 e. The molecule has 1 heterocycles. The molecule has 0 aliphatic carbocycles. The molecule has 0 radical (unpaired) electrons. The van der Waals surface area contributed by atoms with Gasteiger partial charge in [-0.05, 0) is 13.3 Å². The molecule has 5 nitrogen and oxygen atoms in total. The molecule has 0 aliphatic heterocycles. The van der Waals surface area contributed by atoms with Crippen LogP contribution in [0.4, 0.5) is 11.5 Å². The van der Waals surface area contributed by atoms with Crippen LogP contribution in [-0.4, -0.2) is 32.0 Å². The first-order valence-corrected chi connectivity index (χ1v) is 6.90. The monoisotopic (exact) mass is 244 g/mol. The molecule has 0 saturated carbocycles. The molecule has 1 aromatic rings. The molecule has 2 atom stereocenters. The van der Waals surface area contributed by atoms with E-state index in [1.165, 1.54) is 0 Å². The van der Waals surface area contributed by atoms with Crippen molar-refractivity contribution in [1.29, 1.82) is 0 Å². The lowest BCUT2D eigenvalue weighted by atomic mass is 10.3. The van der Waals surface area contributed by atoms with Crippen LogP contribution in [-0.2, 0) is 17.8 Å². The van der Waals surface area contributed by atoms with Crippen LogP contribution in [0.2, 0.25) is 0 Å². The highest BCUT2D eigenvalue weighted by Crippen LogP contribution is 2.20. The minimum absolute atomic E-state index is 0.197. The fourth-order valence-electron chi connectivity index (χ4n) is 1.44. The predicted molar refractivity (Wildman–Crippen MR) is 69.0 cm³/mol. The number of nitrogens with zero attached hydrogens (tertiary/aromatic N) is 2. The van der Waals surface area contributed by atoms with Crippen LogP contribution >= 0.6 is 0 Å². The van der Waals surface area contributed by atoms with Crippen LogP contribution in [0.1, 0.15) is 19.0 Å². The zero-order valence-electron chi connectivity index (χ0n) is 10.3. The molecule has 1 rings (SSSR count). The second-order valence-electron chi connectivity index (χ2n) is 4.00. The highest BCUT2D eigenvalue weighted by atomic mass is 32.2. The first-order valence-electron chi connectivity index (χ1n) is 5.28. The topological polar surface area (TPSA) is 72.9 Å². The van der Waals surface area contributed by atoms with Gasteiger partial charge in [0.2, 0.25) is 0 Å². The summed E-state index contributed by atoms with van der Waals surface area (Å²) in [6.07, 6.45) is 2.58. The first-order chi connectivity index (χ1) is 7.43. The predicted octanol–water partition coefficient (Wildman–Crippen LogP) is 0.880. The second-order valence-corrected chi connectivity index (χ2v) is 5.80. The summed E-state index contributed by atoms with van der Waals surface area (Å²) in [6, 6.07) is 0. The SMILES string of the molecule is Cc1nn(C)c(NCCC(C)S(C)=O)c1N. The molecule has 0 aliphatic rings. The number of aryl methyl sites for hydroxylation is 2. The van der Waals surface area contributed by atoms with Gasteiger partial charge in [0.15, 0.2) is 0 Å². The van der Waals surface area contributed by atoms with Crippen LogP contribution < -0.4 is 11.1 Å². The Balaban J connectivity index is 2.52. The lowest BCUT2D eigenvalue weighted by Gasteiger charge is -2.10. The van der Waals surface area contributed by atoms with E-state index < -0.39 is 10.8 Å². The number of anilines is 2. The normalized spacial score (nSPS) is 14.8. The smallest absolute Gasteiger partial charge is 0.147 e. The number of rotatable bonds is 5. The van der Waals surface area contributed by atoms with Crippen LogP contribution in [0.3, 0.4) is 0 Å². The van der Waals surface area contributed by atoms with Crippen LogP contribution in [0.15, 0.2) is 0 Å². The highest BCUT2D eigenvalue weighted by molar-refractivity contribution is 7.84. The van der Waals surface area contributed by atoms with Gasteiger partial charge < -0.3 is 11.1 Å². The number of nitrogens with one attached hydrogen (secondary N) is 1. The van der Waals surface area contributed by atoms with Gasteiger partial charge in [0.1, 0.15) is 5.82 Å². The van der Waals surface area contributed by atoms with Crippen molar-refractivity contribution in [3.05, 3.63) is 5.69 Å². The molecular weight excluding hydrogens is 224 g/mol. The summed E-state index contributed by atoms with van der Waals surface area (Å²) in [4.78, 5) is 0. The Morgan fingerprint density at radius 3 is 2.69 bits per heavy atom. The van der Waals surface area contributed by atoms with E-state index in [0.717, 1.165) is 24.5 Å². The Morgan fingerprint density at radius 2 is 2.25 bits per heavy atom. The van der Waals surface area contributed by atoms with Gasteiger partial charge in [-0.3, -0.25) is 8.89 Å². The molecule has 0 amide bonds. The van der Waals surface area contributed by atoms with Gasteiger partial charge in [0, 0.05) is 35.9 Å². The summed E-state index contributed by atoms with van der Waals surface area (Å²) in [6.45, 7) is 4.61. The molecule has 0 saturated heterocycles. The number of hydrogen-bond acceptors (Lipinski definition) is 4. The summed E-state index contributed by atoms with van der Waals surface area (Å²) < 4.78 is 12.9. The average Bonchev–Trinajstić information content (AvgIpc) is 2.44. The van der Waals surface area contributed by atoms with E-state index in [1.807, 2.05) is 20.9 Å². The van der Waals surface area contributed by atoms with E-state index in [4.69, 9.17) is 5.73 Å². The fourth-order valence-corrected chi connectivity index (χ4v) is 1.89. The van der Waals surface area contributed by atoms with E-state index in [0.29, 0.717) is 5.69 Å². The molecule has 3 N–H and O–H groups in total. The Bertz CT molecular complexity index is 388. The molecule has 6 heteroatoms. The van der Waals surface area contributed by atoms with E-state index in [-0.39, 0.29) is 5.25 Å². The third-order valence-corrected chi connectivity index (χ3v) is 4.05. The van der Waals surface area contributed by atoms with Gasteiger partial charge in [-0.2, -0.15) is 5.10 Å². The van der Waals surface area contributed by atoms with E-state index in [2.05, 4.69) is 10.4 Å². The van der Waals surface area contributed by atoms with Gasteiger partial charge in [0.05, 0.1) is 11.4 Å². The molecule has 2 unspecified atom stereocenters. The summed E-state index contributed by atoms with van der Waals surface area (Å²) in [7, 11) is 1.09. The lowest BCUT2D eigenvalue weighted by molar-refractivity contribution is 0.671. The zero-order chi connectivity index (χ0) is 12.3. The summed E-state index contributed by atoms with van der Waals surface area (Å²) in [5, 5.41) is 7.64. The van der Waals surface area contributed by atoms with Crippen LogP contribution in [0.25, 0.3) is 0 Å². The molecule has 0 aromatic carbocycles. The summed E-state index contributed by atoms with van der Waals surface area (Å²) in [5.41, 5.74) is 7.39. The van der Waals surface area contributed by atoms with Crippen molar-refractivity contribution in [2.45, 2.75) is 25.5 Å². The number of aromatic nitrogens is 2. The minimum atomic E-state index is -0.767. The van der Waals surface area contributed by atoms with E-state index in [1.54, 1.807) is 10.9 Å². The van der Waals surface area contributed by atoms with E-state index >= 15 is 0 Å². The molecule has 0 spiro atoms. The number of nitrogens with two attached hydrogens (primary N) is 1. The van der Waals surface area contributed by atoms with Gasteiger partial charge in [-0.15, -0.1) is 0 Å². The van der Waals surface area contributed by atoms with Crippen molar-refractivity contribution in [3.63, 3.8) is 0 Å². The fraction of sp³-hybridized carbons (Fsp3) is 0.700. The lowest BCUT2D eigenvalue weighted by Crippen LogP contribution is -2.16. The van der Waals surface area contributed by atoms with Gasteiger partial charge in [0.25, 0.3) is 0 Å². The third-order valence-electron chi connectivity index (χ3n) is 2.68. The average molecular weight is 244 g/mol. The third kappa shape index (κ3) is 2.98. The van der Waals surface area contributed by atoms with E-state index in [9.17, 15) is 4.21 Å². The molecule has 92 valence electrons. The number of hydrogen-bond donors (Lipinski definition) is 2. The zero-order valence-corrected chi connectivity index (χ0v) is 11.1. The minimum Gasteiger partial charge on any atom is -0.394 e. The summed E-state index contributed by atoms with van der Waals surface area (Å²) in [5.74, 6) is 0.839. The molecule has 16 heavy (non-hydrogen) atoms. The summed E-state index contributed by atoms with van der Waals surface area (Å²) >= 11 is 0. The maximum Gasteiger partial charge on any atom is 0.147 e. The Kier molecular flexibility index (Phi) is 4.35. The van der Waals surface area contributed by atoms with Crippen molar-refractivity contribution in [2.75, 3.05) is 23.9 Å². The molecular formula is C10H20N4OS. The molecule has 1 aromatic heterocycles. The van der Waals surface area contributed by atoms with Crippen molar-refractivity contribution in [2.24, 2.45) is 7.05 Å². The van der Waals surface area contributed by atoms with Gasteiger partial charge in [-0.25, -0.2) is 0 Å². The van der Waals surface area contributed by atoms with Crippen molar-refractivity contribution >= 4 is 22.3 Å². The van der Waals surface area contributed by atoms with Crippen molar-refractivity contribution in [1.82, 2.24) is 9.78 Å². The molecule has 0 fully saturated rings. The Hall–Kier alpha value is -1.04. The van der Waals surface area contributed by atoms with Gasteiger partial charge >= 0.3 is 0 Å². The van der Waals surface area contributed by atoms with Crippen molar-refractivity contribution < 1.29 is 4.21 Å². The van der Waals surface area contributed by atoms with Gasteiger partial charge in [-0.1, -0.05) is 6.92 Å². The van der Waals surface area contributed by atoms with Crippen LogP contribution in [0, 0.1) is 6.92 Å². The molecule has 0 bridgehead atoms. The Morgan fingerprint density at radius 1 is 1.62 bits per heavy atom.